The van der Waals surface area contributed by atoms with E-state index in [2.05, 4.69) is 4.98 Å². The van der Waals surface area contributed by atoms with E-state index in [1.807, 2.05) is 50.6 Å². The maximum atomic E-state index is 12.7. The molecule has 0 bridgehead atoms. The highest BCUT2D eigenvalue weighted by molar-refractivity contribution is 5.84. The number of fused-ring (bicyclic) bond motifs is 1. The van der Waals surface area contributed by atoms with Gasteiger partial charge in [-0.25, -0.2) is 4.79 Å². The first-order valence-electron chi connectivity index (χ1n) is 8.91. The lowest BCUT2D eigenvalue weighted by molar-refractivity contribution is -0.133. The lowest BCUT2D eigenvalue weighted by Crippen LogP contribution is -2.52. The molecule has 1 aliphatic rings. The molecule has 2 aromatic rings. The van der Waals surface area contributed by atoms with E-state index in [4.69, 9.17) is 4.74 Å². The number of nitrogens with zero attached hydrogens (tertiary/aromatic N) is 4. The van der Waals surface area contributed by atoms with Crippen LogP contribution in [0.1, 0.15) is 26.5 Å². The monoisotopic (exact) mass is 358 g/mol. The first-order chi connectivity index (χ1) is 12.2. The SMILES string of the molecule is Cc1nccc2c1ccn2CC(=O)N1CCN(C(=O)OC(C)(C)C)CC1. The fraction of sp³-hybridized carbons (Fsp3) is 0.526. The number of aromatic nitrogens is 2. The summed E-state index contributed by atoms with van der Waals surface area (Å²) in [5.41, 5.74) is 1.46. The zero-order valence-electron chi connectivity index (χ0n) is 15.9. The van der Waals surface area contributed by atoms with Crippen LogP contribution in [0.5, 0.6) is 0 Å². The highest BCUT2D eigenvalue weighted by atomic mass is 16.6. The van der Waals surface area contributed by atoms with Crippen LogP contribution in [0, 0.1) is 6.92 Å². The van der Waals surface area contributed by atoms with Crippen molar-refractivity contribution in [3.8, 4) is 0 Å². The Morgan fingerprint density at radius 3 is 2.42 bits per heavy atom. The number of piperazine rings is 1. The highest BCUT2D eigenvalue weighted by Crippen LogP contribution is 2.18. The summed E-state index contributed by atoms with van der Waals surface area (Å²) in [4.78, 5) is 32.5. The minimum Gasteiger partial charge on any atom is -0.444 e. The number of carbonyl (C=O) groups excluding carboxylic acids is 2. The van der Waals surface area contributed by atoms with Crippen molar-refractivity contribution in [2.24, 2.45) is 0 Å². The normalized spacial score (nSPS) is 15.4. The first-order valence-corrected chi connectivity index (χ1v) is 8.91. The van der Waals surface area contributed by atoms with Crippen molar-refractivity contribution in [1.82, 2.24) is 19.4 Å². The van der Waals surface area contributed by atoms with Crippen LogP contribution < -0.4 is 0 Å². The molecule has 7 heteroatoms. The zero-order valence-corrected chi connectivity index (χ0v) is 15.9. The average molecular weight is 358 g/mol. The third kappa shape index (κ3) is 3.98. The second kappa shape index (κ2) is 6.97. The number of rotatable bonds is 2. The Morgan fingerprint density at radius 2 is 1.77 bits per heavy atom. The fourth-order valence-electron chi connectivity index (χ4n) is 3.11. The molecular weight excluding hydrogens is 332 g/mol. The predicted octanol–water partition coefficient (Wildman–Crippen LogP) is 2.42. The molecule has 26 heavy (non-hydrogen) atoms. The van der Waals surface area contributed by atoms with Crippen LogP contribution in [0.25, 0.3) is 10.9 Å². The lowest BCUT2D eigenvalue weighted by atomic mass is 10.2. The summed E-state index contributed by atoms with van der Waals surface area (Å²) in [5.74, 6) is 0.0563. The van der Waals surface area contributed by atoms with Crippen LogP contribution >= 0.6 is 0 Å². The van der Waals surface area contributed by atoms with E-state index < -0.39 is 5.60 Å². The van der Waals surface area contributed by atoms with Gasteiger partial charge in [-0.2, -0.15) is 0 Å². The molecule has 0 saturated carbocycles. The topological polar surface area (TPSA) is 67.7 Å². The van der Waals surface area contributed by atoms with Gasteiger partial charge in [0.05, 0.1) is 5.52 Å². The second-order valence-corrected chi connectivity index (χ2v) is 7.62. The molecule has 0 N–H and O–H groups in total. The lowest BCUT2D eigenvalue weighted by Gasteiger charge is -2.35. The van der Waals surface area contributed by atoms with Crippen molar-refractivity contribution in [2.45, 2.75) is 39.8 Å². The molecule has 0 aliphatic carbocycles. The second-order valence-electron chi connectivity index (χ2n) is 7.62. The van der Waals surface area contributed by atoms with Crippen molar-refractivity contribution < 1.29 is 14.3 Å². The highest BCUT2D eigenvalue weighted by Gasteiger charge is 2.27. The molecule has 0 spiro atoms. The molecule has 2 aromatic heterocycles. The van der Waals surface area contributed by atoms with Gasteiger partial charge in [0.15, 0.2) is 0 Å². The van der Waals surface area contributed by atoms with Crippen LogP contribution in [0.2, 0.25) is 0 Å². The molecule has 3 heterocycles. The Kier molecular flexibility index (Phi) is 4.89. The number of hydrogen-bond acceptors (Lipinski definition) is 4. The maximum absolute atomic E-state index is 12.7. The number of pyridine rings is 1. The van der Waals surface area contributed by atoms with Crippen molar-refractivity contribution in [1.29, 1.82) is 0 Å². The number of hydrogen-bond donors (Lipinski definition) is 0. The Morgan fingerprint density at radius 1 is 1.12 bits per heavy atom. The first kappa shape index (κ1) is 18.2. The quantitative estimate of drug-likeness (QED) is 0.827. The molecule has 3 rings (SSSR count). The number of amides is 2. The minimum atomic E-state index is -0.507. The molecule has 7 nitrogen and oxygen atoms in total. The molecule has 0 unspecified atom stereocenters. The van der Waals surface area contributed by atoms with E-state index in [9.17, 15) is 9.59 Å². The molecule has 2 amide bonds. The number of carbonyl (C=O) groups is 2. The Hall–Kier alpha value is -2.57. The van der Waals surface area contributed by atoms with Gasteiger partial charge in [-0.15, -0.1) is 0 Å². The number of aryl methyl sites for hydroxylation is 1. The van der Waals surface area contributed by atoms with Gasteiger partial charge in [-0.3, -0.25) is 9.78 Å². The summed E-state index contributed by atoms with van der Waals surface area (Å²) in [6.45, 7) is 9.85. The van der Waals surface area contributed by atoms with Crippen molar-refractivity contribution in [3.63, 3.8) is 0 Å². The third-order valence-corrected chi connectivity index (χ3v) is 4.49. The van der Waals surface area contributed by atoms with Gasteiger partial charge >= 0.3 is 6.09 Å². The standard InChI is InChI=1S/C19H26N4O3/c1-14-15-6-8-23(16(15)5-7-20-14)13-17(24)21-9-11-22(12-10-21)18(25)26-19(2,3)4/h5-8H,9-13H2,1-4H3. The summed E-state index contributed by atoms with van der Waals surface area (Å²) in [7, 11) is 0. The van der Waals surface area contributed by atoms with E-state index in [0.717, 1.165) is 16.6 Å². The smallest absolute Gasteiger partial charge is 0.410 e. The Bertz CT molecular complexity index is 814. The predicted molar refractivity (Wildman–Crippen MR) is 98.9 cm³/mol. The van der Waals surface area contributed by atoms with Crippen LogP contribution in [0.15, 0.2) is 24.5 Å². The molecule has 1 saturated heterocycles. The van der Waals surface area contributed by atoms with E-state index in [0.29, 0.717) is 32.7 Å². The molecule has 0 aromatic carbocycles. The summed E-state index contributed by atoms with van der Waals surface area (Å²) in [5, 5.41) is 1.06. The van der Waals surface area contributed by atoms with E-state index in [-0.39, 0.29) is 12.0 Å². The zero-order chi connectivity index (χ0) is 18.9. The molecule has 0 radical (unpaired) electrons. The average Bonchev–Trinajstić information content (AvgIpc) is 2.98. The molecular formula is C19H26N4O3. The van der Waals surface area contributed by atoms with Crippen LogP contribution in [0.3, 0.4) is 0 Å². The van der Waals surface area contributed by atoms with Gasteiger partial charge in [0, 0.05) is 49.7 Å². The van der Waals surface area contributed by atoms with Gasteiger partial charge in [-0.05, 0) is 39.8 Å². The van der Waals surface area contributed by atoms with Gasteiger partial charge in [0.2, 0.25) is 5.91 Å². The molecule has 140 valence electrons. The largest absolute Gasteiger partial charge is 0.444 e. The molecule has 0 atom stereocenters. The van der Waals surface area contributed by atoms with Crippen molar-refractivity contribution >= 4 is 22.9 Å². The Labute approximate surface area is 153 Å². The van der Waals surface area contributed by atoms with Gasteiger partial charge in [-0.1, -0.05) is 0 Å². The fourth-order valence-corrected chi connectivity index (χ4v) is 3.11. The van der Waals surface area contributed by atoms with Crippen molar-refractivity contribution in [2.75, 3.05) is 26.2 Å². The minimum absolute atomic E-state index is 0.0563. The molecule has 1 aliphatic heterocycles. The van der Waals surface area contributed by atoms with E-state index in [1.54, 1.807) is 16.0 Å². The summed E-state index contributed by atoms with van der Waals surface area (Å²) >= 11 is 0. The summed E-state index contributed by atoms with van der Waals surface area (Å²) in [6, 6.07) is 3.92. The molecule has 1 fully saturated rings. The Balaban J connectivity index is 1.58. The van der Waals surface area contributed by atoms with Gasteiger partial charge < -0.3 is 19.1 Å². The van der Waals surface area contributed by atoms with Gasteiger partial charge in [0.25, 0.3) is 0 Å². The van der Waals surface area contributed by atoms with Crippen LogP contribution in [0.4, 0.5) is 4.79 Å². The van der Waals surface area contributed by atoms with Crippen LogP contribution in [-0.2, 0) is 16.1 Å². The van der Waals surface area contributed by atoms with E-state index in [1.165, 1.54) is 0 Å². The summed E-state index contributed by atoms with van der Waals surface area (Å²) in [6.07, 6.45) is 3.37. The summed E-state index contributed by atoms with van der Waals surface area (Å²) < 4.78 is 7.34. The van der Waals surface area contributed by atoms with Gasteiger partial charge in [0.1, 0.15) is 12.1 Å². The maximum Gasteiger partial charge on any atom is 0.410 e. The van der Waals surface area contributed by atoms with Crippen LogP contribution in [-0.4, -0.2) is 63.1 Å². The number of ether oxygens (including phenoxy) is 1. The van der Waals surface area contributed by atoms with Crippen molar-refractivity contribution in [3.05, 3.63) is 30.2 Å². The third-order valence-electron chi connectivity index (χ3n) is 4.49. The van der Waals surface area contributed by atoms with E-state index >= 15 is 0 Å².